The number of ether oxygens (including phenoxy) is 1. The van der Waals surface area contributed by atoms with Gasteiger partial charge in [-0.25, -0.2) is 4.68 Å². The van der Waals surface area contributed by atoms with Crippen LogP contribution in [0.1, 0.15) is 11.1 Å². The molecule has 0 aliphatic rings. The predicted octanol–water partition coefficient (Wildman–Crippen LogP) is 2.92. The highest BCUT2D eigenvalue weighted by molar-refractivity contribution is 5.77. The molecule has 0 atom stereocenters. The van der Waals surface area contributed by atoms with Crippen molar-refractivity contribution in [3.05, 3.63) is 78.1 Å². The Labute approximate surface area is 147 Å². The number of carbonyl (C=O) groups excluding carboxylic acids is 1. The lowest BCUT2D eigenvalue weighted by molar-refractivity contribution is -0.123. The molecule has 5 heteroatoms. The van der Waals surface area contributed by atoms with Gasteiger partial charge in [-0.3, -0.25) is 4.79 Å². The van der Waals surface area contributed by atoms with Gasteiger partial charge in [-0.1, -0.05) is 24.3 Å². The molecule has 128 valence electrons. The number of hydrogen-bond acceptors (Lipinski definition) is 3. The van der Waals surface area contributed by atoms with Crippen LogP contribution in [0.4, 0.5) is 0 Å². The van der Waals surface area contributed by atoms with E-state index < -0.39 is 0 Å². The van der Waals surface area contributed by atoms with Crippen LogP contribution in [0, 0.1) is 6.92 Å². The van der Waals surface area contributed by atoms with E-state index in [2.05, 4.69) is 10.4 Å². The molecule has 0 aliphatic heterocycles. The summed E-state index contributed by atoms with van der Waals surface area (Å²) in [5.41, 5.74) is 3.29. The lowest BCUT2D eigenvalue weighted by Crippen LogP contribution is -2.30. The number of nitrogens with one attached hydrogen (secondary N) is 1. The minimum absolute atomic E-state index is 0.0295. The standard InChI is InChI=1S/C20H21N3O2/c1-16-4-2-5-19(14-16)25-15-20(24)21-12-10-17-6-8-18(9-7-17)23-13-3-11-22-23/h2-9,11,13-14H,10,12,15H2,1H3,(H,21,24). The second kappa shape index (κ2) is 8.15. The molecule has 3 rings (SSSR count). The zero-order chi connectivity index (χ0) is 17.5. The van der Waals surface area contributed by atoms with E-state index in [9.17, 15) is 4.79 Å². The van der Waals surface area contributed by atoms with Crippen LogP contribution in [0.5, 0.6) is 5.75 Å². The number of nitrogens with zero attached hydrogens (tertiary/aromatic N) is 2. The summed E-state index contributed by atoms with van der Waals surface area (Å²) in [5, 5.41) is 7.07. The van der Waals surface area contributed by atoms with Crippen molar-refractivity contribution < 1.29 is 9.53 Å². The average molecular weight is 335 g/mol. The molecule has 0 radical (unpaired) electrons. The Morgan fingerprint density at radius 3 is 2.72 bits per heavy atom. The molecule has 5 nitrogen and oxygen atoms in total. The minimum Gasteiger partial charge on any atom is -0.484 e. The van der Waals surface area contributed by atoms with Crippen molar-refractivity contribution in [2.75, 3.05) is 13.2 Å². The second-order valence-corrected chi connectivity index (χ2v) is 5.82. The monoisotopic (exact) mass is 335 g/mol. The maximum atomic E-state index is 11.9. The van der Waals surface area contributed by atoms with Gasteiger partial charge < -0.3 is 10.1 Å². The molecule has 1 N–H and O–H groups in total. The van der Waals surface area contributed by atoms with Crippen LogP contribution in [0.15, 0.2) is 67.0 Å². The Balaban J connectivity index is 1.41. The summed E-state index contributed by atoms with van der Waals surface area (Å²) in [7, 11) is 0. The third kappa shape index (κ3) is 4.94. The highest BCUT2D eigenvalue weighted by Crippen LogP contribution is 2.12. The maximum Gasteiger partial charge on any atom is 0.257 e. The molecule has 1 amide bonds. The van der Waals surface area contributed by atoms with Crippen LogP contribution in [0.2, 0.25) is 0 Å². The molecule has 0 aliphatic carbocycles. The van der Waals surface area contributed by atoms with Crippen molar-refractivity contribution in [2.24, 2.45) is 0 Å². The summed E-state index contributed by atoms with van der Waals surface area (Å²) in [4.78, 5) is 11.9. The molecule has 2 aromatic carbocycles. The summed E-state index contributed by atoms with van der Waals surface area (Å²) < 4.78 is 7.30. The summed E-state index contributed by atoms with van der Waals surface area (Å²) in [6.07, 6.45) is 4.43. The number of carbonyl (C=O) groups is 1. The van der Waals surface area contributed by atoms with Gasteiger partial charge in [0.1, 0.15) is 5.75 Å². The van der Waals surface area contributed by atoms with Crippen molar-refractivity contribution in [3.8, 4) is 11.4 Å². The third-order valence-corrected chi connectivity index (χ3v) is 3.80. The van der Waals surface area contributed by atoms with Crippen LogP contribution in [0.25, 0.3) is 5.69 Å². The largest absolute Gasteiger partial charge is 0.484 e. The van der Waals surface area contributed by atoms with E-state index in [1.807, 2.05) is 72.4 Å². The van der Waals surface area contributed by atoms with Crippen molar-refractivity contribution >= 4 is 5.91 Å². The van der Waals surface area contributed by atoms with Gasteiger partial charge in [0.15, 0.2) is 6.61 Å². The van der Waals surface area contributed by atoms with E-state index in [1.54, 1.807) is 6.20 Å². The van der Waals surface area contributed by atoms with Crippen LogP contribution in [0.3, 0.4) is 0 Å². The van der Waals surface area contributed by atoms with Crippen LogP contribution >= 0.6 is 0 Å². The SMILES string of the molecule is Cc1cccc(OCC(=O)NCCc2ccc(-n3cccn3)cc2)c1. The van der Waals surface area contributed by atoms with E-state index in [-0.39, 0.29) is 12.5 Å². The molecule has 0 saturated heterocycles. The van der Waals surface area contributed by atoms with Gasteiger partial charge in [0, 0.05) is 18.9 Å². The maximum absolute atomic E-state index is 11.9. The van der Waals surface area contributed by atoms with Gasteiger partial charge in [0.05, 0.1) is 5.69 Å². The van der Waals surface area contributed by atoms with Gasteiger partial charge in [0.2, 0.25) is 0 Å². The Kier molecular flexibility index (Phi) is 5.46. The van der Waals surface area contributed by atoms with Crippen molar-refractivity contribution in [1.29, 1.82) is 0 Å². The molecule has 25 heavy (non-hydrogen) atoms. The van der Waals surface area contributed by atoms with E-state index in [0.29, 0.717) is 12.3 Å². The normalized spacial score (nSPS) is 10.4. The molecule has 0 bridgehead atoms. The van der Waals surface area contributed by atoms with Crippen LogP contribution < -0.4 is 10.1 Å². The number of amides is 1. The fraction of sp³-hybridized carbons (Fsp3) is 0.200. The zero-order valence-electron chi connectivity index (χ0n) is 14.2. The summed E-state index contributed by atoms with van der Waals surface area (Å²) >= 11 is 0. The number of aromatic nitrogens is 2. The van der Waals surface area contributed by atoms with Gasteiger partial charge in [-0.2, -0.15) is 5.10 Å². The number of hydrogen-bond donors (Lipinski definition) is 1. The van der Waals surface area contributed by atoms with Crippen molar-refractivity contribution in [2.45, 2.75) is 13.3 Å². The lowest BCUT2D eigenvalue weighted by Gasteiger charge is -2.08. The van der Waals surface area contributed by atoms with Gasteiger partial charge >= 0.3 is 0 Å². The average Bonchev–Trinajstić information content (AvgIpc) is 3.15. The van der Waals surface area contributed by atoms with E-state index in [4.69, 9.17) is 4.74 Å². The lowest BCUT2D eigenvalue weighted by atomic mass is 10.1. The van der Waals surface area contributed by atoms with Gasteiger partial charge in [-0.15, -0.1) is 0 Å². The quantitative estimate of drug-likeness (QED) is 0.722. The first-order chi connectivity index (χ1) is 12.2. The summed E-state index contributed by atoms with van der Waals surface area (Å²) in [5.74, 6) is 0.596. The number of aryl methyl sites for hydroxylation is 1. The Bertz CT molecular complexity index is 811. The third-order valence-electron chi connectivity index (χ3n) is 3.80. The molecular formula is C20H21N3O2. The first kappa shape index (κ1) is 16.8. The van der Waals surface area contributed by atoms with E-state index in [0.717, 1.165) is 23.2 Å². The first-order valence-corrected chi connectivity index (χ1v) is 8.26. The summed E-state index contributed by atoms with van der Waals surface area (Å²) in [6, 6.07) is 17.7. The van der Waals surface area contributed by atoms with Crippen LogP contribution in [-0.4, -0.2) is 28.8 Å². The van der Waals surface area contributed by atoms with Crippen molar-refractivity contribution in [3.63, 3.8) is 0 Å². The second-order valence-electron chi connectivity index (χ2n) is 5.82. The van der Waals surface area contributed by atoms with Gasteiger partial charge in [0.25, 0.3) is 5.91 Å². The molecule has 0 unspecified atom stereocenters. The first-order valence-electron chi connectivity index (χ1n) is 8.26. The van der Waals surface area contributed by atoms with Gasteiger partial charge in [-0.05, 0) is 54.8 Å². The molecule has 0 saturated carbocycles. The number of rotatable bonds is 7. The molecule has 3 aromatic rings. The summed E-state index contributed by atoms with van der Waals surface area (Å²) in [6.45, 7) is 2.60. The van der Waals surface area contributed by atoms with Crippen molar-refractivity contribution in [1.82, 2.24) is 15.1 Å². The zero-order valence-corrected chi connectivity index (χ0v) is 14.2. The predicted molar refractivity (Wildman–Crippen MR) is 97.0 cm³/mol. The topological polar surface area (TPSA) is 56.1 Å². The highest BCUT2D eigenvalue weighted by Gasteiger charge is 2.03. The fourth-order valence-electron chi connectivity index (χ4n) is 2.49. The van der Waals surface area contributed by atoms with Crippen LogP contribution in [-0.2, 0) is 11.2 Å². The molecule has 0 fully saturated rings. The minimum atomic E-state index is -0.116. The molecule has 0 spiro atoms. The Morgan fingerprint density at radius 1 is 1.16 bits per heavy atom. The fourth-order valence-corrected chi connectivity index (χ4v) is 2.49. The van der Waals surface area contributed by atoms with E-state index in [1.165, 1.54) is 0 Å². The molecule has 1 heterocycles. The molecular weight excluding hydrogens is 314 g/mol. The Morgan fingerprint density at radius 2 is 2.00 bits per heavy atom. The smallest absolute Gasteiger partial charge is 0.257 e. The number of benzene rings is 2. The molecule has 1 aromatic heterocycles. The Hall–Kier alpha value is -3.08. The van der Waals surface area contributed by atoms with E-state index >= 15 is 0 Å². The highest BCUT2D eigenvalue weighted by atomic mass is 16.5.